The van der Waals surface area contributed by atoms with Gasteiger partial charge in [-0.05, 0) is 53.3 Å². The zero-order valence-electron chi connectivity index (χ0n) is 12.0. The van der Waals surface area contributed by atoms with Crippen LogP contribution in [-0.2, 0) is 6.18 Å². The van der Waals surface area contributed by atoms with E-state index in [-0.39, 0.29) is 17.0 Å². The third-order valence-electron chi connectivity index (χ3n) is 3.67. The first-order valence-electron chi connectivity index (χ1n) is 6.71. The lowest BCUT2D eigenvalue weighted by Gasteiger charge is -2.07. The highest BCUT2D eigenvalue weighted by molar-refractivity contribution is 5.98. The molecule has 0 aliphatic heterocycles. The first kappa shape index (κ1) is 15.0. The van der Waals surface area contributed by atoms with E-state index in [1.165, 1.54) is 18.2 Å². The van der Waals surface area contributed by atoms with Crippen molar-refractivity contribution in [1.29, 1.82) is 0 Å². The first-order chi connectivity index (χ1) is 10.8. The van der Waals surface area contributed by atoms with Gasteiger partial charge >= 0.3 is 6.18 Å². The van der Waals surface area contributed by atoms with Gasteiger partial charge < -0.3 is 10.1 Å². The summed E-state index contributed by atoms with van der Waals surface area (Å²) >= 11 is 0. The maximum atomic E-state index is 12.9. The molecular formula is C17H11F3N2O. The molecule has 0 atom stereocenters. The van der Waals surface area contributed by atoms with Crippen molar-refractivity contribution in [3.63, 3.8) is 0 Å². The molecule has 3 aromatic rings. The second kappa shape index (κ2) is 5.06. The number of hydrogen-bond acceptors (Lipinski definition) is 1. The Bertz CT molecular complexity index is 949. The molecule has 0 aliphatic carbocycles. The van der Waals surface area contributed by atoms with Crippen LogP contribution in [0.25, 0.3) is 26.9 Å². The van der Waals surface area contributed by atoms with E-state index in [1.807, 2.05) is 0 Å². The number of alkyl halides is 3. The van der Waals surface area contributed by atoms with Gasteiger partial charge in [-0.1, -0.05) is 12.1 Å². The molecule has 23 heavy (non-hydrogen) atoms. The number of nitrogens with zero attached hydrogens (tertiary/aromatic N) is 1. The highest BCUT2D eigenvalue weighted by atomic mass is 19.4. The second-order valence-corrected chi connectivity index (χ2v) is 5.25. The van der Waals surface area contributed by atoms with Crippen LogP contribution in [0, 0.1) is 13.5 Å². The smallest absolute Gasteiger partial charge is 0.431 e. The number of aromatic nitrogens is 1. The van der Waals surface area contributed by atoms with Gasteiger partial charge in [0.15, 0.2) is 5.69 Å². The fourth-order valence-electron chi connectivity index (χ4n) is 2.45. The summed E-state index contributed by atoms with van der Waals surface area (Å²) in [4.78, 5) is 5.69. The number of aromatic amines is 1. The van der Waals surface area contributed by atoms with Crippen molar-refractivity contribution in [2.75, 3.05) is 0 Å². The lowest BCUT2D eigenvalue weighted by molar-refractivity contribution is -0.140. The monoisotopic (exact) mass is 316 g/mol. The van der Waals surface area contributed by atoms with Crippen LogP contribution in [0.2, 0.25) is 0 Å². The SMILES string of the molecule is [C-]#[N+]c1cc(-c2ccc(C)c(O)c2)c2[nH]c(C(F)(F)F)cc2c1. The van der Waals surface area contributed by atoms with Crippen LogP contribution in [0.4, 0.5) is 18.9 Å². The van der Waals surface area contributed by atoms with Crippen molar-refractivity contribution in [3.8, 4) is 16.9 Å². The maximum absolute atomic E-state index is 12.9. The van der Waals surface area contributed by atoms with Crippen LogP contribution in [0.15, 0.2) is 36.4 Å². The number of benzene rings is 2. The Hall–Kier alpha value is -2.94. The van der Waals surface area contributed by atoms with E-state index in [2.05, 4.69) is 9.83 Å². The van der Waals surface area contributed by atoms with Gasteiger partial charge in [0.1, 0.15) is 11.4 Å². The Morgan fingerprint density at radius 1 is 1.13 bits per heavy atom. The second-order valence-electron chi connectivity index (χ2n) is 5.25. The predicted octanol–water partition coefficient (Wildman–Crippen LogP) is 5.42. The van der Waals surface area contributed by atoms with Crippen molar-refractivity contribution in [2.24, 2.45) is 0 Å². The molecule has 0 saturated carbocycles. The Labute approximate surface area is 129 Å². The number of phenolic OH excluding ortho intramolecular Hbond substituents is 1. The van der Waals surface area contributed by atoms with E-state index >= 15 is 0 Å². The number of hydrogen-bond donors (Lipinski definition) is 2. The van der Waals surface area contributed by atoms with Gasteiger partial charge in [0.2, 0.25) is 0 Å². The predicted molar refractivity (Wildman–Crippen MR) is 81.4 cm³/mol. The van der Waals surface area contributed by atoms with Crippen LogP contribution < -0.4 is 0 Å². The Morgan fingerprint density at radius 2 is 1.87 bits per heavy atom. The molecule has 3 nitrogen and oxygen atoms in total. The average Bonchev–Trinajstić information content (AvgIpc) is 2.93. The summed E-state index contributed by atoms with van der Waals surface area (Å²) < 4.78 is 38.8. The molecule has 0 bridgehead atoms. The van der Waals surface area contributed by atoms with Crippen LogP contribution in [0.1, 0.15) is 11.3 Å². The van der Waals surface area contributed by atoms with Gasteiger partial charge in [0, 0.05) is 0 Å². The minimum atomic E-state index is -4.50. The molecule has 6 heteroatoms. The quantitative estimate of drug-likeness (QED) is 0.578. The van der Waals surface area contributed by atoms with Gasteiger partial charge in [0.05, 0.1) is 12.1 Å². The molecule has 0 radical (unpaired) electrons. The lowest BCUT2D eigenvalue weighted by Crippen LogP contribution is -2.04. The number of aromatic hydroxyl groups is 1. The summed E-state index contributed by atoms with van der Waals surface area (Å²) in [6.45, 7) is 8.85. The largest absolute Gasteiger partial charge is 0.508 e. The molecule has 0 spiro atoms. The molecule has 0 saturated heterocycles. The van der Waals surface area contributed by atoms with E-state index in [1.54, 1.807) is 19.1 Å². The number of halogens is 3. The normalized spacial score (nSPS) is 11.6. The van der Waals surface area contributed by atoms with Crippen LogP contribution in [-0.4, -0.2) is 10.1 Å². The van der Waals surface area contributed by atoms with Crippen LogP contribution in [0.5, 0.6) is 5.75 Å². The van der Waals surface area contributed by atoms with Gasteiger partial charge in [-0.3, -0.25) is 0 Å². The zero-order valence-corrected chi connectivity index (χ0v) is 12.0. The third-order valence-corrected chi connectivity index (χ3v) is 3.67. The van der Waals surface area contributed by atoms with Crippen molar-refractivity contribution in [3.05, 3.63) is 59.1 Å². The Morgan fingerprint density at radius 3 is 2.48 bits per heavy atom. The molecule has 0 fully saturated rings. The molecule has 0 unspecified atom stereocenters. The summed E-state index contributed by atoms with van der Waals surface area (Å²) in [7, 11) is 0. The van der Waals surface area contributed by atoms with E-state index in [0.29, 0.717) is 22.1 Å². The summed E-state index contributed by atoms with van der Waals surface area (Å²) in [6.07, 6.45) is -4.50. The highest BCUT2D eigenvalue weighted by Crippen LogP contribution is 2.38. The molecule has 0 amide bonds. The molecule has 116 valence electrons. The minimum Gasteiger partial charge on any atom is -0.508 e. The average molecular weight is 316 g/mol. The van der Waals surface area contributed by atoms with Crippen molar-refractivity contribution in [1.82, 2.24) is 4.98 Å². The fourth-order valence-corrected chi connectivity index (χ4v) is 2.45. The van der Waals surface area contributed by atoms with Crippen molar-refractivity contribution < 1.29 is 18.3 Å². The summed E-state index contributed by atoms with van der Waals surface area (Å²) in [5, 5.41) is 10.2. The van der Waals surface area contributed by atoms with Crippen molar-refractivity contribution >= 4 is 16.6 Å². The highest BCUT2D eigenvalue weighted by Gasteiger charge is 2.33. The standard InChI is InChI=1S/C17H11F3N2O/c1-9-3-4-10(6-14(9)23)13-8-12(21-2)5-11-7-15(17(18,19)20)22-16(11)13/h3-8,22-23H,1H3. The minimum absolute atomic E-state index is 0.0477. The molecule has 2 N–H and O–H groups in total. The summed E-state index contributed by atoms with van der Waals surface area (Å²) in [5.41, 5.74) is 1.30. The van der Waals surface area contributed by atoms with E-state index in [4.69, 9.17) is 6.57 Å². The maximum Gasteiger partial charge on any atom is 0.431 e. The van der Waals surface area contributed by atoms with E-state index in [9.17, 15) is 18.3 Å². The summed E-state index contributed by atoms with van der Waals surface area (Å²) in [5.74, 6) is 0.0477. The van der Waals surface area contributed by atoms with Gasteiger partial charge in [-0.25, -0.2) is 4.85 Å². The van der Waals surface area contributed by atoms with Crippen molar-refractivity contribution in [2.45, 2.75) is 13.1 Å². The Kier molecular flexibility index (Phi) is 3.29. The number of H-pyrrole nitrogens is 1. The van der Waals surface area contributed by atoms with E-state index in [0.717, 1.165) is 6.07 Å². The molecule has 3 rings (SSSR count). The van der Waals surface area contributed by atoms with Gasteiger partial charge in [-0.2, -0.15) is 13.2 Å². The van der Waals surface area contributed by atoms with E-state index < -0.39 is 11.9 Å². The van der Waals surface area contributed by atoms with Crippen LogP contribution >= 0.6 is 0 Å². The molecule has 1 aromatic heterocycles. The molecule has 0 aliphatic rings. The molecule has 1 heterocycles. The number of aryl methyl sites for hydroxylation is 1. The molecular weight excluding hydrogens is 305 g/mol. The Balaban J connectivity index is 2.32. The summed E-state index contributed by atoms with van der Waals surface area (Å²) in [6, 6.07) is 8.76. The number of nitrogens with one attached hydrogen (secondary N) is 1. The van der Waals surface area contributed by atoms with Gasteiger partial charge in [0.25, 0.3) is 0 Å². The lowest BCUT2D eigenvalue weighted by atomic mass is 10.0. The van der Waals surface area contributed by atoms with Crippen LogP contribution in [0.3, 0.4) is 0 Å². The van der Waals surface area contributed by atoms with Gasteiger partial charge in [-0.15, -0.1) is 0 Å². The number of fused-ring (bicyclic) bond motifs is 1. The zero-order chi connectivity index (χ0) is 16.8. The first-order valence-corrected chi connectivity index (χ1v) is 6.71. The fraction of sp³-hybridized carbons (Fsp3) is 0.118. The third kappa shape index (κ3) is 2.61. The topological polar surface area (TPSA) is 40.4 Å². The molecule has 2 aromatic carbocycles. The number of phenols is 1. The number of rotatable bonds is 1.